The highest BCUT2D eigenvalue weighted by atomic mass is 16.1. The van der Waals surface area contributed by atoms with Crippen molar-refractivity contribution in [3.05, 3.63) is 0 Å². The standard InChI is InChI=1S/C22H45NO/c1-2-3-4-5-6-7-10-13-16-19-22(24)20-17-14-11-8-9-12-15-18-21-23/h2-21,23H2,1H3. The number of carbonyl (C=O) groups excluding carboxylic acids is 1. The second kappa shape index (κ2) is 20.7. The Labute approximate surface area is 152 Å². The number of Topliss-reactive ketones (excluding diaryl/α,β-unsaturated/α-hetero) is 1. The molecule has 0 aromatic carbocycles. The van der Waals surface area contributed by atoms with Gasteiger partial charge in [-0.3, -0.25) is 4.79 Å². The molecule has 0 radical (unpaired) electrons. The molecule has 24 heavy (non-hydrogen) atoms. The lowest BCUT2D eigenvalue weighted by molar-refractivity contribution is -0.119. The molecule has 2 nitrogen and oxygen atoms in total. The maximum absolute atomic E-state index is 11.8. The quantitative estimate of drug-likeness (QED) is 0.244. The van der Waals surface area contributed by atoms with Crippen LogP contribution in [0.2, 0.25) is 0 Å². The van der Waals surface area contributed by atoms with Gasteiger partial charge in [-0.2, -0.15) is 0 Å². The Bertz CT molecular complexity index is 228. The second-order valence-electron chi connectivity index (χ2n) is 7.48. The maximum Gasteiger partial charge on any atom is 0.132 e. The van der Waals surface area contributed by atoms with Gasteiger partial charge in [0.15, 0.2) is 0 Å². The highest BCUT2D eigenvalue weighted by Gasteiger charge is 2.02. The van der Waals surface area contributed by atoms with E-state index >= 15 is 0 Å². The third kappa shape index (κ3) is 19.7. The number of unbranched alkanes of at least 4 members (excludes halogenated alkanes) is 15. The van der Waals surface area contributed by atoms with Gasteiger partial charge in [-0.15, -0.1) is 0 Å². The summed E-state index contributed by atoms with van der Waals surface area (Å²) in [5.74, 6) is 0.501. The van der Waals surface area contributed by atoms with Crippen LogP contribution in [0.5, 0.6) is 0 Å². The largest absolute Gasteiger partial charge is 0.330 e. The van der Waals surface area contributed by atoms with E-state index in [0.29, 0.717) is 5.78 Å². The first-order chi connectivity index (χ1) is 11.8. The molecule has 0 amide bonds. The Morgan fingerprint density at radius 3 is 1.25 bits per heavy atom. The fourth-order valence-electron chi connectivity index (χ4n) is 3.28. The number of hydrogen-bond donors (Lipinski definition) is 1. The Morgan fingerprint density at radius 2 is 0.875 bits per heavy atom. The van der Waals surface area contributed by atoms with E-state index < -0.39 is 0 Å². The molecular formula is C22H45NO. The molecule has 0 rings (SSSR count). The van der Waals surface area contributed by atoms with Crippen LogP contribution in [0.4, 0.5) is 0 Å². The van der Waals surface area contributed by atoms with Crippen LogP contribution in [0, 0.1) is 0 Å². The lowest BCUT2D eigenvalue weighted by atomic mass is 10.0. The van der Waals surface area contributed by atoms with E-state index in [1.54, 1.807) is 0 Å². The topological polar surface area (TPSA) is 43.1 Å². The summed E-state index contributed by atoms with van der Waals surface area (Å²) in [6, 6.07) is 0. The van der Waals surface area contributed by atoms with Gasteiger partial charge in [0.2, 0.25) is 0 Å². The fourth-order valence-corrected chi connectivity index (χ4v) is 3.28. The number of nitrogens with two attached hydrogens (primary N) is 1. The molecule has 144 valence electrons. The van der Waals surface area contributed by atoms with Crippen molar-refractivity contribution in [1.29, 1.82) is 0 Å². The molecule has 0 atom stereocenters. The molecular weight excluding hydrogens is 294 g/mol. The third-order valence-electron chi connectivity index (χ3n) is 4.97. The first-order valence-corrected chi connectivity index (χ1v) is 11.0. The molecule has 0 aliphatic carbocycles. The zero-order valence-corrected chi connectivity index (χ0v) is 16.6. The van der Waals surface area contributed by atoms with Crippen molar-refractivity contribution in [2.24, 2.45) is 5.73 Å². The van der Waals surface area contributed by atoms with Crippen molar-refractivity contribution in [3.63, 3.8) is 0 Å². The number of ketones is 1. The molecule has 0 aliphatic heterocycles. The van der Waals surface area contributed by atoms with Gasteiger partial charge < -0.3 is 5.73 Å². The van der Waals surface area contributed by atoms with Crippen LogP contribution < -0.4 is 5.73 Å². The van der Waals surface area contributed by atoms with Crippen molar-refractivity contribution in [3.8, 4) is 0 Å². The van der Waals surface area contributed by atoms with Gasteiger partial charge in [0.25, 0.3) is 0 Å². The van der Waals surface area contributed by atoms with Crippen molar-refractivity contribution in [1.82, 2.24) is 0 Å². The molecule has 2 N–H and O–H groups in total. The Hall–Kier alpha value is -0.370. The third-order valence-corrected chi connectivity index (χ3v) is 4.97. The van der Waals surface area contributed by atoms with Crippen molar-refractivity contribution >= 4 is 5.78 Å². The Morgan fingerprint density at radius 1 is 0.542 bits per heavy atom. The minimum Gasteiger partial charge on any atom is -0.330 e. The maximum atomic E-state index is 11.8. The summed E-state index contributed by atoms with van der Waals surface area (Å²) >= 11 is 0. The van der Waals surface area contributed by atoms with Crippen molar-refractivity contribution < 1.29 is 4.79 Å². The van der Waals surface area contributed by atoms with Gasteiger partial charge in [0.1, 0.15) is 5.78 Å². The molecule has 2 heteroatoms. The number of hydrogen-bond acceptors (Lipinski definition) is 2. The summed E-state index contributed by atoms with van der Waals surface area (Å²) in [6.07, 6.45) is 23.7. The van der Waals surface area contributed by atoms with Crippen LogP contribution in [-0.2, 0) is 4.79 Å². The minimum atomic E-state index is 0.501. The first-order valence-electron chi connectivity index (χ1n) is 11.0. The van der Waals surface area contributed by atoms with Gasteiger partial charge in [0, 0.05) is 12.8 Å². The molecule has 0 fully saturated rings. The van der Waals surface area contributed by atoms with Crippen LogP contribution in [-0.4, -0.2) is 12.3 Å². The number of carbonyl (C=O) groups is 1. The Kier molecular flexibility index (Phi) is 20.4. The van der Waals surface area contributed by atoms with Crippen LogP contribution in [0.3, 0.4) is 0 Å². The molecule has 0 bridgehead atoms. The SMILES string of the molecule is CCCCCCCCCCCC(=O)CCCCCCCCCCN. The van der Waals surface area contributed by atoms with Gasteiger partial charge in [-0.05, 0) is 25.8 Å². The monoisotopic (exact) mass is 339 g/mol. The predicted molar refractivity (Wildman–Crippen MR) is 107 cm³/mol. The van der Waals surface area contributed by atoms with Crippen LogP contribution in [0.15, 0.2) is 0 Å². The molecule has 0 saturated carbocycles. The normalized spacial score (nSPS) is 11.1. The molecule has 0 unspecified atom stereocenters. The zero-order chi connectivity index (χ0) is 17.7. The number of rotatable bonds is 20. The smallest absolute Gasteiger partial charge is 0.132 e. The summed E-state index contributed by atoms with van der Waals surface area (Å²) in [4.78, 5) is 11.8. The van der Waals surface area contributed by atoms with Crippen LogP contribution in [0.25, 0.3) is 0 Å². The highest BCUT2D eigenvalue weighted by Crippen LogP contribution is 2.13. The van der Waals surface area contributed by atoms with E-state index in [1.165, 1.54) is 96.3 Å². The summed E-state index contributed by atoms with van der Waals surface area (Å²) in [7, 11) is 0. The average molecular weight is 340 g/mol. The second-order valence-corrected chi connectivity index (χ2v) is 7.48. The van der Waals surface area contributed by atoms with Crippen molar-refractivity contribution in [2.45, 2.75) is 129 Å². The molecule has 0 aromatic heterocycles. The molecule has 0 spiro atoms. The molecule has 0 aromatic rings. The predicted octanol–water partition coefficient (Wildman–Crippen LogP) is 6.95. The van der Waals surface area contributed by atoms with Gasteiger partial charge >= 0.3 is 0 Å². The molecule has 0 saturated heterocycles. The molecule has 0 heterocycles. The van der Waals surface area contributed by atoms with E-state index in [4.69, 9.17) is 5.73 Å². The van der Waals surface area contributed by atoms with Gasteiger partial charge in [0.05, 0.1) is 0 Å². The summed E-state index contributed by atoms with van der Waals surface area (Å²) < 4.78 is 0. The van der Waals surface area contributed by atoms with Crippen LogP contribution in [0.1, 0.15) is 129 Å². The summed E-state index contributed by atoms with van der Waals surface area (Å²) in [5, 5.41) is 0. The summed E-state index contributed by atoms with van der Waals surface area (Å²) in [6.45, 7) is 3.10. The summed E-state index contributed by atoms with van der Waals surface area (Å²) in [5.41, 5.74) is 5.49. The van der Waals surface area contributed by atoms with E-state index in [9.17, 15) is 4.79 Å². The lowest BCUT2D eigenvalue weighted by Gasteiger charge is -2.03. The van der Waals surface area contributed by atoms with Crippen LogP contribution >= 0.6 is 0 Å². The fraction of sp³-hybridized carbons (Fsp3) is 0.955. The van der Waals surface area contributed by atoms with Crippen molar-refractivity contribution in [2.75, 3.05) is 6.54 Å². The van der Waals surface area contributed by atoms with E-state index in [0.717, 1.165) is 32.2 Å². The van der Waals surface area contributed by atoms with E-state index in [-0.39, 0.29) is 0 Å². The lowest BCUT2D eigenvalue weighted by Crippen LogP contribution is -1.98. The molecule has 0 aliphatic rings. The minimum absolute atomic E-state index is 0.501. The zero-order valence-electron chi connectivity index (χ0n) is 16.6. The van der Waals surface area contributed by atoms with E-state index in [2.05, 4.69) is 6.92 Å². The van der Waals surface area contributed by atoms with E-state index in [1.807, 2.05) is 0 Å². The first kappa shape index (κ1) is 23.6. The Balaban J connectivity index is 3.13. The van der Waals surface area contributed by atoms with Gasteiger partial charge in [-0.25, -0.2) is 0 Å². The highest BCUT2D eigenvalue weighted by molar-refractivity contribution is 5.78. The average Bonchev–Trinajstić information content (AvgIpc) is 2.59. The van der Waals surface area contributed by atoms with Gasteiger partial charge in [-0.1, -0.05) is 96.8 Å².